The first kappa shape index (κ1) is 16.0. The number of nitrogens with one attached hydrogen (secondary N) is 1. The summed E-state index contributed by atoms with van der Waals surface area (Å²) in [5, 5.41) is 1.22. The van der Waals surface area contributed by atoms with Crippen molar-refractivity contribution in [3.05, 3.63) is 53.6 Å². The SMILES string of the molecule is CCOc1cc2c(cc1C=C1C(=O)NN(c3ccccc3)C1=O)OCO2. The summed E-state index contributed by atoms with van der Waals surface area (Å²) in [4.78, 5) is 25.0. The quantitative estimate of drug-likeness (QED) is 0.675. The third-order valence-corrected chi connectivity index (χ3v) is 4.01. The van der Waals surface area contributed by atoms with Crippen molar-refractivity contribution >= 4 is 23.6 Å². The van der Waals surface area contributed by atoms with Crippen LogP contribution >= 0.6 is 0 Å². The number of ether oxygens (including phenoxy) is 3. The highest BCUT2D eigenvalue weighted by molar-refractivity contribution is 6.31. The number of hydrogen-bond acceptors (Lipinski definition) is 5. The lowest BCUT2D eigenvalue weighted by atomic mass is 10.1. The molecule has 0 radical (unpaired) electrons. The van der Waals surface area contributed by atoms with Gasteiger partial charge in [-0.25, -0.2) is 5.01 Å². The summed E-state index contributed by atoms with van der Waals surface area (Å²) in [6.07, 6.45) is 1.51. The lowest BCUT2D eigenvalue weighted by Crippen LogP contribution is -2.35. The monoisotopic (exact) mass is 352 g/mol. The second kappa shape index (κ2) is 6.44. The van der Waals surface area contributed by atoms with Gasteiger partial charge in [0.15, 0.2) is 11.5 Å². The Hall–Kier alpha value is -3.48. The molecule has 7 nitrogen and oxygen atoms in total. The van der Waals surface area contributed by atoms with Crippen LogP contribution in [0.15, 0.2) is 48.0 Å². The molecule has 0 saturated carbocycles. The van der Waals surface area contributed by atoms with Crippen molar-refractivity contribution < 1.29 is 23.8 Å². The van der Waals surface area contributed by atoms with Gasteiger partial charge < -0.3 is 14.2 Å². The number of benzene rings is 2. The van der Waals surface area contributed by atoms with Crippen LogP contribution < -0.4 is 24.6 Å². The van der Waals surface area contributed by atoms with Gasteiger partial charge in [0, 0.05) is 11.6 Å². The van der Waals surface area contributed by atoms with Gasteiger partial charge in [0.05, 0.1) is 12.3 Å². The molecule has 4 rings (SSSR count). The first-order chi connectivity index (χ1) is 12.7. The topological polar surface area (TPSA) is 77.1 Å². The fourth-order valence-corrected chi connectivity index (χ4v) is 2.80. The Morgan fingerprint density at radius 3 is 2.62 bits per heavy atom. The number of fused-ring (bicyclic) bond motifs is 1. The van der Waals surface area contributed by atoms with Crippen LogP contribution in [0.3, 0.4) is 0 Å². The molecule has 2 aromatic rings. The largest absolute Gasteiger partial charge is 0.493 e. The molecule has 2 aromatic carbocycles. The Kier molecular flexibility index (Phi) is 3.96. The average Bonchev–Trinajstić information content (AvgIpc) is 3.22. The summed E-state index contributed by atoms with van der Waals surface area (Å²) in [7, 11) is 0. The lowest BCUT2D eigenvalue weighted by Gasteiger charge is -2.14. The molecule has 0 bridgehead atoms. The summed E-state index contributed by atoms with van der Waals surface area (Å²) in [5.41, 5.74) is 3.76. The van der Waals surface area contributed by atoms with Crippen molar-refractivity contribution in [3.63, 3.8) is 0 Å². The van der Waals surface area contributed by atoms with Crippen LogP contribution in [-0.4, -0.2) is 25.2 Å². The van der Waals surface area contributed by atoms with E-state index in [-0.39, 0.29) is 12.4 Å². The van der Waals surface area contributed by atoms with Gasteiger partial charge in [-0.2, -0.15) is 0 Å². The first-order valence-corrected chi connectivity index (χ1v) is 8.16. The molecule has 26 heavy (non-hydrogen) atoms. The Bertz CT molecular complexity index is 908. The number of para-hydroxylation sites is 1. The van der Waals surface area contributed by atoms with Crippen molar-refractivity contribution in [1.82, 2.24) is 5.43 Å². The molecular weight excluding hydrogens is 336 g/mol. The molecule has 0 unspecified atom stereocenters. The molecule has 0 atom stereocenters. The van der Waals surface area contributed by atoms with E-state index in [1.165, 1.54) is 11.1 Å². The Morgan fingerprint density at radius 1 is 1.15 bits per heavy atom. The van der Waals surface area contributed by atoms with Gasteiger partial charge in [0.25, 0.3) is 11.8 Å². The Labute approximate surface area is 149 Å². The Balaban J connectivity index is 1.72. The van der Waals surface area contributed by atoms with Gasteiger partial charge in [-0.3, -0.25) is 15.0 Å². The van der Waals surface area contributed by atoms with Gasteiger partial charge in [0.1, 0.15) is 11.3 Å². The van der Waals surface area contributed by atoms with Crippen LogP contribution in [0.25, 0.3) is 6.08 Å². The minimum Gasteiger partial charge on any atom is -0.493 e. The summed E-state index contributed by atoms with van der Waals surface area (Å²) < 4.78 is 16.3. The number of carbonyl (C=O) groups is 2. The third kappa shape index (κ3) is 2.73. The van der Waals surface area contributed by atoms with E-state index in [0.29, 0.717) is 35.1 Å². The zero-order valence-electron chi connectivity index (χ0n) is 14.0. The summed E-state index contributed by atoms with van der Waals surface area (Å²) in [6, 6.07) is 12.3. The molecule has 7 heteroatoms. The van der Waals surface area contributed by atoms with Crippen molar-refractivity contribution in [3.8, 4) is 17.2 Å². The zero-order valence-corrected chi connectivity index (χ0v) is 14.0. The van der Waals surface area contributed by atoms with Crippen LogP contribution in [0.2, 0.25) is 0 Å². The molecule has 0 aliphatic carbocycles. The number of hydrazine groups is 1. The maximum absolute atomic E-state index is 12.7. The molecule has 0 aromatic heterocycles. The fourth-order valence-electron chi connectivity index (χ4n) is 2.80. The van der Waals surface area contributed by atoms with E-state index in [4.69, 9.17) is 14.2 Å². The molecule has 2 amide bonds. The second-order valence-electron chi connectivity index (χ2n) is 5.65. The fraction of sp³-hybridized carbons (Fsp3) is 0.158. The molecule has 0 spiro atoms. The van der Waals surface area contributed by atoms with E-state index >= 15 is 0 Å². The standard InChI is InChI=1S/C19H16N2O5/c1-2-24-15-10-17-16(25-11-26-17)9-12(15)8-14-18(22)20-21(19(14)23)13-6-4-3-5-7-13/h3-10H,2,11H2,1H3,(H,20,22). The van der Waals surface area contributed by atoms with Gasteiger partial charge in [0.2, 0.25) is 6.79 Å². The predicted molar refractivity (Wildman–Crippen MR) is 93.8 cm³/mol. The van der Waals surface area contributed by atoms with Gasteiger partial charge in [-0.15, -0.1) is 0 Å². The van der Waals surface area contributed by atoms with Gasteiger partial charge in [-0.05, 0) is 31.2 Å². The number of anilines is 1. The Morgan fingerprint density at radius 2 is 1.88 bits per heavy atom. The summed E-state index contributed by atoms with van der Waals surface area (Å²) in [6.45, 7) is 2.42. The van der Waals surface area contributed by atoms with E-state index in [1.807, 2.05) is 13.0 Å². The molecule has 2 aliphatic rings. The number of rotatable bonds is 4. The van der Waals surface area contributed by atoms with Crippen molar-refractivity contribution in [2.45, 2.75) is 6.92 Å². The second-order valence-corrected chi connectivity index (χ2v) is 5.65. The highest BCUT2D eigenvalue weighted by atomic mass is 16.7. The van der Waals surface area contributed by atoms with Gasteiger partial charge >= 0.3 is 0 Å². The molecule has 1 saturated heterocycles. The van der Waals surface area contributed by atoms with Crippen LogP contribution in [0.5, 0.6) is 17.2 Å². The van der Waals surface area contributed by atoms with Crippen LogP contribution in [0, 0.1) is 0 Å². The third-order valence-electron chi connectivity index (χ3n) is 4.01. The molecule has 1 fully saturated rings. The van der Waals surface area contributed by atoms with Crippen molar-refractivity contribution in [1.29, 1.82) is 0 Å². The number of nitrogens with zero attached hydrogens (tertiary/aromatic N) is 1. The molecular formula is C19H16N2O5. The summed E-state index contributed by atoms with van der Waals surface area (Å²) >= 11 is 0. The van der Waals surface area contributed by atoms with Crippen molar-refractivity contribution in [2.24, 2.45) is 0 Å². The summed E-state index contributed by atoms with van der Waals surface area (Å²) in [5.74, 6) is 0.734. The van der Waals surface area contributed by atoms with E-state index in [9.17, 15) is 9.59 Å². The smallest absolute Gasteiger partial charge is 0.282 e. The number of amides is 2. The highest BCUT2D eigenvalue weighted by Gasteiger charge is 2.34. The minimum atomic E-state index is -0.473. The molecule has 1 N–H and O–H groups in total. The van der Waals surface area contributed by atoms with Crippen LogP contribution in [0.4, 0.5) is 5.69 Å². The maximum Gasteiger partial charge on any atom is 0.282 e. The molecule has 2 aliphatic heterocycles. The van der Waals surface area contributed by atoms with E-state index in [2.05, 4.69) is 5.43 Å². The van der Waals surface area contributed by atoms with E-state index in [0.717, 1.165) is 0 Å². The van der Waals surface area contributed by atoms with Gasteiger partial charge in [-0.1, -0.05) is 18.2 Å². The zero-order chi connectivity index (χ0) is 18.1. The average molecular weight is 352 g/mol. The normalized spacial score (nSPS) is 17.0. The number of hydrogen-bond donors (Lipinski definition) is 1. The maximum atomic E-state index is 12.7. The van der Waals surface area contributed by atoms with Crippen LogP contribution in [0.1, 0.15) is 12.5 Å². The highest BCUT2D eigenvalue weighted by Crippen LogP contribution is 2.39. The van der Waals surface area contributed by atoms with E-state index in [1.54, 1.807) is 36.4 Å². The van der Waals surface area contributed by atoms with Crippen LogP contribution in [-0.2, 0) is 9.59 Å². The minimum absolute atomic E-state index is 0.0219. The lowest BCUT2D eigenvalue weighted by molar-refractivity contribution is -0.117. The van der Waals surface area contributed by atoms with Crippen molar-refractivity contribution in [2.75, 3.05) is 18.4 Å². The predicted octanol–water partition coefficient (Wildman–Crippen LogP) is 2.28. The molecule has 132 valence electrons. The first-order valence-electron chi connectivity index (χ1n) is 8.16. The number of carbonyl (C=O) groups excluding carboxylic acids is 2. The van der Waals surface area contributed by atoms with E-state index < -0.39 is 11.8 Å². The molecule has 2 heterocycles.